The van der Waals surface area contributed by atoms with Crippen LogP contribution in [0.25, 0.3) is 0 Å². The van der Waals surface area contributed by atoms with Crippen molar-refractivity contribution in [1.82, 2.24) is 0 Å². The lowest BCUT2D eigenvalue weighted by molar-refractivity contribution is 0.506. The fourth-order valence-electron chi connectivity index (χ4n) is 1.12. The lowest BCUT2D eigenvalue weighted by Gasteiger charge is -2.23. The van der Waals surface area contributed by atoms with Crippen molar-refractivity contribution >= 4 is 23.2 Å². The third kappa shape index (κ3) is 2.38. The van der Waals surface area contributed by atoms with Gasteiger partial charge in [0, 0.05) is 0 Å². The van der Waals surface area contributed by atoms with Gasteiger partial charge in [-0.15, -0.1) is 0 Å². The van der Waals surface area contributed by atoms with E-state index < -0.39 is 0 Å². The van der Waals surface area contributed by atoms with Gasteiger partial charge < -0.3 is 0 Å². The Kier molecular flexibility index (Phi) is 3.26. The fourth-order valence-corrected chi connectivity index (χ4v) is 1.42. The van der Waals surface area contributed by atoms with E-state index in [2.05, 4.69) is 20.8 Å². The van der Waals surface area contributed by atoms with Crippen LogP contribution in [-0.2, 0) is 5.41 Å². The van der Waals surface area contributed by atoms with Crippen LogP contribution in [0.1, 0.15) is 32.8 Å². The molecular weight excluding hydrogens is 203 g/mol. The summed E-state index contributed by atoms with van der Waals surface area (Å²) in [5.41, 5.74) is 1.42. The van der Waals surface area contributed by atoms with Gasteiger partial charge in [0.2, 0.25) is 0 Å². The summed E-state index contributed by atoms with van der Waals surface area (Å²) in [5, 5.41) is 1.26. The molecule has 1 aromatic rings. The monoisotopic (exact) mass is 216 g/mol. The van der Waals surface area contributed by atoms with Crippen LogP contribution in [0.5, 0.6) is 0 Å². The Balaban J connectivity index is 3.10. The molecule has 0 amide bonds. The highest BCUT2D eigenvalue weighted by molar-refractivity contribution is 6.42. The molecular formula is C11H14Cl2. The lowest BCUT2D eigenvalue weighted by Crippen LogP contribution is -2.15. The Bertz CT molecular complexity index is 303. The zero-order valence-corrected chi connectivity index (χ0v) is 9.71. The van der Waals surface area contributed by atoms with Crippen molar-refractivity contribution in [2.45, 2.75) is 32.6 Å². The van der Waals surface area contributed by atoms with Crippen molar-refractivity contribution in [3.05, 3.63) is 33.8 Å². The molecule has 0 aromatic heterocycles. The van der Waals surface area contributed by atoms with Crippen LogP contribution in [0.2, 0.25) is 10.0 Å². The van der Waals surface area contributed by atoms with Crippen LogP contribution in [-0.4, -0.2) is 0 Å². The van der Waals surface area contributed by atoms with Crippen molar-refractivity contribution in [2.75, 3.05) is 0 Å². The van der Waals surface area contributed by atoms with Gasteiger partial charge in [-0.2, -0.15) is 0 Å². The molecule has 0 aliphatic rings. The first-order valence-corrected chi connectivity index (χ1v) is 5.18. The largest absolute Gasteiger partial charge is 0.0827 e. The van der Waals surface area contributed by atoms with Gasteiger partial charge in [-0.3, -0.25) is 0 Å². The smallest absolute Gasteiger partial charge is 0.0595 e. The normalized spacial score (nSPS) is 11.8. The molecule has 72 valence electrons. The third-order valence-electron chi connectivity index (χ3n) is 2.58. The van der Waals surface area contributed by atoms with Crippen LogP contribution in [0.4, 0.5) is 0 Å². The van der Waals surface area contributed by atoms with Crippen molar-refractivity contribution in [3.63, 3.8) is 0 Å². The third-order valence-corrected chi connectivity index (χ3v) is 3.32. The maximum atomic E-state index is 5.94. The Morgan fingerprint density at radius 3 is 2.23 bits per heavy atom. The summed E-state index contributed by atoms with van der Waals surface area (Å²) in [6, 6.07) is 5.85. The molecule has 0 spiro atoms. The van der Waals surface area contributed by atoms with Crippen molar-refractivity contribution in [2.24, 2.45) is 0 Å². The maximum Gasteiger partial charge on any atom is 0.0595 e. The highest BCUT2D eigenvalue weighted by Crippen LogP contribution is 2.31. The molecule has 0 N–H and O–H groups in total. The van der Waals surface area contributed by atoms with Gasteiger partial charge in [0.1, 0.15) is 0 Å². The van der Waals surface area contributed by atoms with E-state index in [1.54, 1.807) is 0 Å². The zero-order chi connectivity index (χ0) is 10.1. The number of hydrogen-bond acceptors (Lipinski definition) is 0. The molecule has 0 nitrogen and oxygen atoms in total. The second-order valence-corrected chi connectivity index (χ2v) is 4.68. The predicted octanol–water partition coefficient (Wildman–Crippen LogP) is 4.68. The zero-order valence-electron chi connectivity index (χ0n) is 8.20. The van der Waals surface area contributed by atoms with Gasteiger partial charge >= 0.3 is 0 Å². The number of rotatable bonds is 2. The number of halogens is 2. The summed E-state index contributed by atoms with van der Waals surface area (Å²) in [6.07, 6.45) is 1.09. The van der Waals surface area contributed by atoms with E-state index in [1.807, 2.05) is 18.2 Å². The molecule has 0 bridgehead atoms. The summed E-state index contributed by atoms with van der Waals surface area (Å²) in [4.78, 5) is 0. The Labute approximate surface area is 89.9 Å². The molecule has 1 aromatic carbocycles. The van der Waals surface area contributed by atoms with E-state index in [-0.39, 0.29) is 5.41 Å². The molecule has 0 heterocycles. The van der Waals surface area contributed by atoms with Gasteiger partial charge in [-0.05, 0) is 29.5 Å². The molecule has 0 aliphatic carbocycles. The second kappa shape index (κ2) is 3.89. The van der Waals surface area contributed by atoms with Gasteiger partial charge in [-0.1, -0.05) is 50.0 Å². The summed E-state index contributed by atoms with van der Waals surface area (Å²) in [7, 11) is 0. The molecule has 0 fully saturated rings. The molecule has 0 atom stereocenters. The predicted molar refractivity (Wildman–Crippen MR) is 59.8 cm³/mol. The van der Waals surface area contributed by atoms with Crippen LogP contribution < -0.4 is 0 Å². The molecule has 2 heteroatoms. The number of hydrogen-bond donors (Lipinski definition) is 0. The minimum absolute atomic E-state index is 0.175. The standard InChI is InChI=1S/C11H14Cl2/c1-4-11(2,3)8-5-6-9(12)10(13)7-8/h5-7H,4H2,1-3H3. The van der Waals surface area contributed by atoms with E-state index in [1.165, 1.54) is 5.56 Å². The lowest BCUT2D eigenvalue weighted by atomic mass is 9.82. The topological polar surface area (TPSA) is 0 Å². The van der Waals surface area contributed by atoms with Crippen LogP contribution in [0, 0.1) is 0 Å². The maximum absolute atomic E-state index is 5.94. The Morgan fingerprint density at radius 2 is 1.77 bits per heavy atom. The van der Waals surface area contributed by atoms with Crippen molar-refractivity contribution < 1.29 is 0 Å². The molecule has 0 unspecified atom stereocenters. The highest BCUT2D eigenvalue weighted by Gasteiger charge is 2.18. The van der Waals surface area contributed by atoms with Crippen molar-refractivity contribution in [1.29, 1.82) is 0 Å². The number of benzene rings is 1. The van der Waals surface area contributed by atoms with E-state index in [0.29, 0.717) is 10.0 Å². The Hall–Kier alpha value is -0.200. The summed E-state index contributed by atoms with van der Waals surface area (Å²) >= 11 is 11.8. The van der Waals surface area contributed by atoms with Crippen molar-refractivity contribution in [3.8, 4) is 0 Å². The van der Waals surface area contributed by atoms with E-state index >= 15 is 0 Å². The highest BCUT2D eigenvalue weighted by atomic mass is 35.5. The van der Waals surface area contributed by atoms with Crippen LogP contribution in [0.3, 0.4) is 0 Å². The van der Waals surface area contributed by atoms with Gasteiger partial charge in [-0.25, -0.2) is 0 Å². The minimum Gasteiger partial charge on any atom is -0.0827 e. The minimum atomic E-state index is 0.175. The molecule has 13 heavy (non-hydrogen) atoms. The van der Waals surface area contributed by atoms with Gasteiger partial charge in [0.05, 0.1) is 10.0 Å². The molecule has 0 aliphatic heterocycles. The van der Waals surface area contributed by atoms with Gasteiger partial charge in [0.25, 0.3) is 0 Å². The first-order valence-electron chi connectivity index (χ1n) is 4.43. The molecule has 0 saturated carbocycles. The average Bonchev–Trinajstić information content (AvgIpc) is 2.09. The van der Waals surface area contributed by atoms with Crippen LogP contribution in [0.15, 0.2) is 18.2 Å². The molecule has 0 saturated heterocycles. The summed E-state index contributed by atoms with van der Waals surface area (Å²) in [6.45, 7) is 6.57. The summed E-state index contributed by atoms with van der Waals surface area (Å²) < 4.78 is 0. The molecule has 1 rings (SSSR count). The Morgan fingerprint density at radius 1 is 1.15 bits per heavy atom. The summed E-state index contributed by atoms with van der Waals surface area (Å²) in [5.74, 6) is 0. The van der Waals surface area contributed by atoms with E-state index in [0.717, 1.165) is 6.42 Å². The first-order chi connectivity index (χ1) is 5.97. The van der Waals surface area contributed by atoms with E-state index in [9.17, 15) is 0 Å². The van der Waals surface area contributed by atoms with Gasteiger partial charge in [0.15, 0.2) is 0 Å². The fraction of sp³-hybridized carbons (Fsp3) is 0.455. The quantitative estimate of drug-likeness (QED) is 0.674. The average molecular weight is 217 g/mol. The first kappa shape index (κ1) is 10.9. The van der Waals surface area contributed by atoms with E-state index in [4.69, 9.17) is 23.2 Å². The SMILES string of the molecule is CCC(C)(C)c1ccc(Cl)c(Cl)c1. The van der Waals surface area contributed by atoms with Crippen LogP contribution >= 0.6 is 23.2 Å². The second-order valence-electron chi connectivity index (χ2n) is 3.87. The molecule has 0 radical (unpaired) electrons.